The third-order valence-corrected chi connectivity index (χ3v) is 3.70. The number of benzene rings is 1. The molecule has 1 atom stereocenters. The molecule has 1 aliphatic rings. The van der Waals surface area contributed by atoms with Gasteiger partial charge in [-0.2, -0.15) is 4.98 Å². The van der Waals surface area contributed by atoms with Crippen molar-refractivity contribution in [2.75, 3.05) is 11.9 Å². The Labute approximate surface area is 141 Å². The van der Waals surface area contributed by atoms with E-state index in [1.165, 1.54) is 6.07 Å². The number of amides is 3. The van der Waals surface area contributed by atoms with Crippen LogP contribution in [0.25, 0.3) is 0 Å². The summed E-state index contributed by atoms with van der Waals surface area (Å²) in [6.07, 6.45) is 0. The normalized spacial score (nSPS) is 14.7. The molecule has 2 heterocycles. The number of nitrogens with zero attached hydrogens (tertiary/aromatic N) is 3. The zero-order valence-electron chi connectivity index (χ0n) is 13.5. The van der Waals surface area contributed by atoms with Crippen molar-refractivity contribution in [2.24, 2.45) is 0 Å². The number of aromatic nitrogens is 2. The molecule has 10 heteroatoms. The summed E-state index contributed by atoms with van der Waals surface area (Å²) in [5.41, 5.74) is 0.184. The number of hydrogen-bond donors (Lipinski definition) is 2. The van der Waals surface area contributed by atoms with Gasteiger partial charge in [0.05, 0.1) is 12.2 Å². The average molecular weight is 351 g/mol. The predicted molar refractivity (Wildman–Crippen MR) is 81.4 cm³/mol. The number of halogens is 2. The number of rotatable bonds is 4. The van der Waals surface area contributed by atoms with Crippen LogP contribution in [-0.4, -0.2) is 33.5 Å². The number of urea groups is 1. The lowest BCUT2D eigenvalue weighted by Gasteiger charge is -2.29. The number of carbonyl (C=O) groups is 2. The molecular weight excluding hydrogens is 336 g/mol. The van der Waals surface area contributed by atoms with E-state index < -0.39 is 29.6 Å². The second-order valence-corrected chi connectivity index (χ2v) is 5.64. The van der Waals surface area contributed by atoms with Crippen molar-refractivity contribution in [3.63, 3.8) is 0 Å². The molecule has 132 valence electrons. The Morgan fingerprint density at radius 1 is 1.48 bits per heavy atom. The van der Waals surface area contributed by atoms with E-state index >= 15 is 0 Å². The molecule has 0 bridgehead atoms. The van der Waals surface area contributed by atoms with Gasteiger partial charge in [0.2, 0.25) is 11.8 Å². The molecule has 1 aliphatic heterocycles. The first-order chi connectivity index (χ1) is 11.8. The van der Waals surface area contributed by atoms with E-state index in [2.05, 4.69) is 20.8 Å². The van der Waals surface area contributed by atoms with Crippen LogP contribution in [0, 0.1) is 18.6 Å². The lowest BCUT2D eigenvalue weighted by molar-refractivity contribution is -0.122. The Morgan fingerprint density at radius 3 is 2.92 bits per heavy atom. The highest BCUT2D eigenvalue weighted by molar-refractivity contribution is 5.94. The molecule has 8 nitrogen and oxygen atoms in total. The van der Waals surface area contributed by atoms with Crippen LogP contribution in [0.4, 0.5) is 19.3 Å². The zero-order chi connectivity index (χ0) is 18.1. The van der Waals surface area contributed by atoms with E-state index in [0.717, 1.165) is 11.0 Å². The molecule has 2 aromatic rings. The molecule has 0 spiro atoms. The molecule has 0 unspecified atom stereocenters. The van der Waals surface area contributed by atoms with Crippen LogP contribution in [0.5, 0.6) is 0 Å². The fraction of sp³-hybridized carbons (Fsp3) is 0.333. The quantitative estimate of drug-likeness (QED) is 0.876. The first kappa shape index (κ1) is 16.8. The molecule has 3 rings (SSSR count). The van der Waals surface area contributed by atoms with Crippen LogP contribution >= 0.6 is 0 Å². The fourth-order valence-corrected chi connectivity index (χ4v) is 2.46. The van der Waals surface area contributed by atoms with E-state index in [1.54, 1.807) is 13.8 Å². The lowest BCUT2D eigenvalue weighted by Crippen LogP contribution is -2.45. The van der Waals surface area contributed by atoms with Crippen molar-refractivity contribution in [3.8, 4) is 0 Å². The fourth-order valence-electron chi connectivity index (χ4n) is 2.46. The monoisotopic (exact) mass is 351 g/mol. The summed E-state index contributed by atoms with van der Waals surface area (Å²) < 4.78 is 32.2. The van der Waals surface area contributed by atoms with Gasteiger partial charge in [-0.05, 0) is 26.0 Å². The molecule has 3 amide bonds. The minimum Gasteiger partial charge on any atom is -0.343 e. The molecule has 25 heavy (non-hydrogen) atoms. The smallest absolute Gasteiger partial charge is 0.322 e. The Balaban J connectivity index is 1.67. The van der Waals surface area contributed by atoms with Crippen LogP contribution in [-0.2, 0) is 11.3 Å². The van der Waals surface area contributed by atoms with Crippen molar-refractivity contribution in [1.82, 2.24) is 20.4 Å². The van der Waals surface area contributed by atoms with Gasteiger partial charge in [0.25, 0.3) is 0 Å². The van der Waals surface area contributed by atoms with Gasteiger partial charge in [0.15, 0.2) is 17.5 Å². The third kappa shape index (κ3) is 3.42. The zero-order valence-corrected chi connectivity index (χ0v) is 13.5. The first-order valence-electron chi connectivity index (χ1n) is 7.47. The maximum Gasteiger partial charge on any atom is 0.322 e. The summed E-state index contributed by atoms with van der Waals surface area (Å²) in [5.74, 6) is -1.90. The number of carbonyl (C=O) groups excluding carboxylic acids is 2. The van der Waals surface area contributed by atoms with Gasteiger partial charge in [-0.3, -0.25) is 4.79 Å². The number of hydrogen-bond acceptors (Lipinski definition) is 5. The lowest BCUT2D eigenvalue weighted by atomic mass is 10.1. The number of fused-ring (bicyclic) bond motifs is 1. The number of aryl methyl sites for hydroxylation is 1. The van der Waals surface area contributed by atoms with E-state index in [-0.39, 0.29) is 30.2 Å². The molecule has 0 saturated carbocycles. The molecule has 1 aromatic heterocycles. The summed E-state index contributed by atoms with van der Waals surface area (Å²) in [6, 6.07) is 1.09. The average Bonchev–Trinajstić information content (AvgIpc) is 2.99. The van der Waals surface area contributed by atoms with Gasteiger partial charge in [0.1, 0.15) is 12.6 Å². The van der Waals surface area contributed by atoms with Gasteiger partial charge in [-0.1, -0.05) is 5.16 Å². The molecule has 2 N–H and O–H groups in total. The van der Waals surface area contributed by atoms with Crippen molar-refractivity contribution in [2.45, 2.75) is 26.4 Å². The molecule has 0 saturated heterocycles. The Hall–Kier alpha value is -3.04. The Morgan fingerprint density at radius 2 is 2.24 bits per heavy atom. The Kier molecular flexibility index (Phi) is 4.34. The summed E-state index contributed by atoms with van der Waals surface area (Å²) >= 11 is 0. The van der Waals surface area contributed by atoms with Crippen LogP contribution in [0.15, 0.2) is 16.7 Å². The van der Waals surface area contributed by atoms with Gasteiger partial charge >= 0.3 is 6.03 Å². The van der Waals surface area contributed by atoms with Crippen LogP contribution in [0.3, 0.4) is 0 Å². The van der Waals surface area contributed by atoms with E-state index in [9.17, 15) is 18.4 Å². The van der Waals surface area contributed by atoms with Crippen molar-refractivity contribution in [3.05, 3.63) is 41.0 Å². The largest absolute Gasteiger partial charge is 0.343 e. The SMILES string of the molecule is Cc1noc([C@@H](C)NC(=O)CN2Cc3c(ccc(F)c3F)NC2=O)n1. The molecular formula is C15H15F2N5O3. The maximum atomic E-state index is 13.9. The number of nitrogens with one attached hydrogen (secondary N) is 2. The summed E-state index contributed by atoms with van der Waals surface area (Å²) in [5, 5.41) is 8.66. The van der Waals surface area contributed by atoms with Gasteiger partial charge in [-0.25, -0.2) is 13.6 Å². The Bertz CT molecular complexity index is 839. The van der Waals surface area contributed by atoms with Gasteiger partial charge in [-0.15, -0.1) is 0 Å². The van der Waals surface area contributed by atoms with Crippen LogP contribution in [0.2, 0.25) is 0 Å². The topological polar surface area (TPSA) is 100 Å². The molecule has 0 fully saturated rings. The standard InChI is InChI=1S/C15H15F2N5O3/c1-7(14-19-8(2)21-25-14)18-12(23)6-22-5-9-11(20-15(22)24)4-3-10(16)13(9)17/h3-4,7H,5-6H2,1-2H3,(H,18,23)(H,20,24)/t7-/m1/s1. The van der Waals surface area contributed by atoms with Crippen molar-refractivity contribution in [1.29, 1.82) is 0 Å². The summed E-state index contributed by atoms with van der Waals surface area (Å²) in [7, 11) is 0. The minimum absolute atomic E-state index is 0.00651. The first-order valence-corrected chi connectivity index (χ1v) is 7.47. The highest BCUT2D eigenvalue weighted by Gasteiger charge is 2.28. The highest BCUT2D eigenvalue weighted by Crippen LogP contribution is 2.27. The maximum absolute atomic E-state index is 13.9. The van der Waals surface area contributed by atoms with E-state index in [0.29, 0.717) is 5.82 Å². The molecule has 1 aromatic carbocycles. The number of anilines is 1. The second-order valence-electron chi connectivity index (χ2n) is 5.64. The van der Waals surface area contributed by atoms with E-state index in [1.807, 2.05) is 0 Å². The van der Waals surface area contributed by atoms with Crippen molar-refractivity contribution >= 4 is 17.6 Å². The summed E-state index contributed by atoms with van der Waals surface area (Å²) in [6.45, 7) is 2.74. The second kappa shape index (κ2) is 6.46. The highest BCUT2D eigenvalue weighted by atomic mass is 19.2. The van der Waals surface area contributed by atoms with E-state index in [4.69, 9.17) is 4.52 Å². The van der Waals surface area contributed by atoms with Crippen molar-refractivity contribution < 1.29 is 22.9 Å². The van der Waals surface area contributed by atoms with Crippen LogP contribution < -0.4 is 10.6 Å². The van der Waals surface area contributed by atoms with Crippen LogP contribution in [0.1, 0.15) is 30.2 Å². The third-order valence-electron chi connectivity index (χ3n) is 3.70. The molecule has 0 aliphatic carbocycles. The summed E-state index contributed by atoms with van der Waals surface area (Å²) in [4.78, 5) is 29.2. The predicted octanol–water partition coefficient (Wildman–Crippen LogP) is 1.88. The van der Waals surface area contributed by atoms with Gasteiger partial charge < -0.3 is 20.1 Å². The minimum atomic E-state index is -1.04. The van der Waals surface area contributed by atoms with Gasteiger partial charge in [0, 0.05) is 5.56 Å². The molecule has 0 radical (unpaired) electrons.